The van der Waals surface area contributed by atoms with E-state index >= 15 is 0 Å². The van der Waals surface area contributed by atoms with Crippen LogP contribution in [0.5, 0.6) is 0 Å². The van der Waals surface area contributed by atoms with Crippen molar-refractivity contribution in [3.05, 3.63) is 53.4 Å². The first-order chi connectivity index (χ1) is 18.9. The van der Waals surface area contributed by atoms with Crippen molar-refractivity contribution in [2.75, 3.05) is 39.0 Å². The third-order valence-corrected chi connectivity index (χ3v) is 8.67. The fourth-order valence-electron chi connectivity index (χ4n) is 6.05. The Morgan fingerprint density at radius 1 is 1.05 bits per heavy atom. The van der Waals surface area contributed by atoms with Crippen LogP contribution in [0.25, 0.3) is 22.3 Å². The van der Waals surface area contributed by atoms with E-state index in [1.165, 1.54) is 6.33 Å². The van der Waals surface area contributed by atoms with E-state index in [1.54, 1.807) is 6.08 Å². The number of nitrogens with two attached hydrogens (primary N) is 1. The Bertz CT molecular complexity index is 1460. The zero-order valence-electron chi connectivity index (χ0n) is 22.5. The number of rotatable bonds is 4. The van der Waals surface area contributed by atoms with Crippen LogP contribution in [0.3, 0.4) is 0 Å². The summed E-state index contributed by atoms with van der Waals surface area (Å²) >= 11 is 6.71. The number of aliphatic hydroxyl groups is 1. The molecular formula is C29H35ClN8O. The Hall–Kier alpha value is -3.11. The van der Waals surface area contributed by atoms with Crippen molar-refractivity contribution in [3.8, 4) is 11.3 Å². The number of nitrogens with zero attached hydrogens (tertiary/aromatic N) is 7. The van der Waals surface area contributed by atoms with Crippen molar-refractivity contribution in [2.45, 2.75) is 50.8 Å². The number of piperazine rings is 1. The van der Waals surface area contributed by atoms with Gasteiger partial charge < -0.3 is 15.7 Å². The molecule has 39 heavy (non-hydrogen) atoms. The van der Waals surface area contributed by atoms with Crippen LogP contribution < -0.4 is 5.73 Å². The molecular weight excluding hydrogens is 512 g/mol. The first-order valence-electron chi connectivity index (χ1n) is 13.7. The van der Waals surface area contributed by atoms with Gasteiger partial charge in [-0.1, -0.05) is 35.9 Å². The summed E-state index contributed by atoms with van der Waals surface area (Å²) in [5, 5.41) is 16.6. The van der Waals surface area contributed by atoms with Crippen LogP contribution in [-0.2, 0) is 0 Å². The van der Waals surface area contributed by atoms with Crippen molar-refractivity contribution >= 4 is 39.9 Å². The van der Waals surface area contributed by atoms with E-state index in [2.05, 4.69) is 36.5 Å². The number of allylic oxidation sites excluding steroid dienone is 2. The number of aliphatic hydroxyl groups excluding tert-OH is 1. The zero-order chi connectivity index (χ0) is 27.1. The Labute approximate surface area is 233 Å². The van der Waals surface area contributed by atoms with Gasteiger partial charge in [0.2, 0.25) is 0 Å². The largest absolute Gasteiger partial charge is 0.383 e. The monoisotopic (exact) mass is 546 g/mol. The van der Waals surface area contributed by atoms with Gasteiger partial charge in [0.1, 0.15) is 23.9 Å². The molecule has 204 valence electrons. The lowest BCUT2D eigenvalue weighted by molar-refractivity contribution is 0.0815. The number of aromatic nitrogens is 4. The minimum Gasteiger partial charge on any atom is -0.383 e. The first kappa shape index (κ1) is 26.1. The number of fused-ring (bicyclic) bond motifs is 1. The second-order valence-corrected chi connectivity index (χ2v) is 11.3. The van der Waals surface area contributed by atoms with Gasteiger partial charge in [0.05, 0.1) is 27.8 Å². The van der Waals surface area contributed by atoms with Crippen LogP contribution in [0.1, 0.15) is 38.6 Å². The molecule has 3 heterocycles. The Morgan fingerprint density at radius 2 is 1.79 bits per heavy atom. The van der Waals surface area contributed by atoms with Crippen molar-refractivity contribution in [1.29, 1.82) is 0 Å². The molecule has 6 rings (SSSR count). The molecule has 0 radical (unpaired) electrons. The molecule has 0 bridgehead atoms. The number of likely N-dealkylation sites (N-methyl/N-ethyl adjacent to an activating group) is 1. The number of hydrogen-bond acceptors (Lipinski definition) is 8. The molecule has 0 amide bonds. The minimum atomic E-state index is -0.756. The van der Waals surface area contributed by atoms with Gasteiger partial charge in [0.25, 0.3) is 0 Å². The van der Waals surface area contributed by atoms with E-state index in [-0.39, 0.29) is 6.04 Å². The second-order valence-electron chi connectivity index (χ2n) is 10.9. The highest BCUT2D eigenvalue weighted by Crippen LogP contribution is 2.39. The van der Waals surface area contributed by atoms with E-state index in [9.17, 15) is 5.11 Å². The number of benzene rings is 1. The SMILES string of the molecule is CC1=CC=CC(O)C1=Nc1ccc(-c2nn(C3CCC(N4CCN(C)CC4)CC3)c3ncnc(N)c23)cc1Cl. The number of hydrogen-bond donors (Lipinski definition) is 2. The van der Waals surface area contributed by atoms with Crippen LogP contribution >= 0.6 is 11.6 Å². The van der Waals surface area contributed by atoms with Gasteiger partial charge in [0.15, 0.2) is 5.65 Å². The maximum absolute atomic E-state index is 10.4. The van der Waals surface area contributed by atoms with Crippen LogP contribution in [0, 0.1) is 0 Å². The number of nitrogen functional groups attached to an aromatic ring is 1. The summed E-state index contributed by atoms with van der Waals surface area (Å²) in [6.07, 6.45) is 10.6. The molecule has 2 aromatic heterocycles. The minimum absolute atomic E-state index is 0.260. The lowest BCUT2D eigenvalue weighted by Gasteiger charge is -2.41. The number of anilines is 1. The summed E-state index contributed by atoms with van der Waals surface area (Å²) < 4.78 is 2.06. The van der Waals surface area contributed by atoms with Gasteiger partial charge in [-0.2, -0.15) is 5.10 Å². The van der Waals surface area contributed by atoms with Crippen molar-refractivity contribution in [2.24, 2.45) is 4.99 Å². The lowest BCUT2D eigenvalue weighted by atomic mass is 9.90. The Balaban J connectivity index is 1.28. The molecule has 2 fully saturated rings. The van der Waals surface area contributed by atoms with Crippen LogP contribution in [0.2, 0.25) is 5.02 Å². The fraction of sp³-hybridized carbons (Fsp3) is 0.448. The summed E-state index contributed by atoms with van der Waals surface area (Å²) in [6, 6.07) is 6.55. The van der Waals surface area contributed by atoms with Gasteiger partial charge in [-0.25, -0.2) is 19.6 Å². The molecule has 0 spiro atoms. The summed E-state index contributed by atoms with van der Waals surface area (Å²) in [7, 11) is 2.20. The molecule has 1 aliphatic heterocycles. The van der Waals surface area contributed by atoms with Crippen LogP contribution in [0.15, 0.2) is 53.3 Å². The molecule has 3 aliphatic rings. The predicted molar refractivity (Wildman–Crippen MR) is 157 cm³/mol. The van der Waals surface area contributed by atoms with E-state index in [4.69, 9.17) is 22.4 Å². The highest BCUT2D eigenvalue weighted by Gasteiger charge is 2.30. The molecule has 1 saturated heterocycles. The molecule has 1 saturated carbocycles. The van der Waals surface area contributed by atoms with E-state index in [0.717, 1.165) is 79.7 Å². The molecule has 3 N–H and O–H groups in total. The van der Waals surface area contributed by atoms with Crippen LogP contribution in [0.4, 0.5) is 11.5 Å². The predicted octanol–water partition coefficient (Wildman–Crippen LogP) is 4.41. The average molecular weight is 547 g/mol. The third-order valence-electron chi connectivity index (χ3n) is 8.37. The van der Waals surface area contributed by atoms with Gasteiger partial charge in [0, 0.05) is 37.8 Å². The van der Waals surface area contributed by atoms with E-state index in [0.29, 0.717) is 28.3 Å². The standard InChI is InChI=1S/C29H35ClN8O/c1-18-4-3-5-24(39)26(18)34-23-11-6-19(16-22(23)30)27-25-28(31)32-17-33-29(25)38(35-27)21-9-7-20(8-10-21)37-14-12-36(2)13-15-37/h3-6,11,16-17,20-21,24,39H,7-10,12-15H2,1-2H3,(H2,31,32,33). The fourth-order valence-corrected chi connectivity index (χ4v) is 6.27. The molecule has 2 aliphatic carbocycles. The summed E-state index contributed by atoms with van der Waals surface area (Å²) in [4.78, 5) is 18.6. The molecule has 1 atom stereocenters. The summed E-state index contributed by atoms with van der Waals surface area (Å²) in [5.74, 6) is 0.408. The van der Waals surface area contributed by atoms with Gasteiger partial charge in [-0.15, -0.1) is 0 Å². The highest BCUT2D eigenvalue weighted by atomic mass is 35.5. The zero-order valence-corrected chi connectivity index (χ0v) is 23.2. The topological polar surface area (TPSA) is 109 Å². The molecule has 10 heteroatoms. The maximum Gasteiger partial charge on any atom is 0.164 e. The first-order valence-corrected chi connectivity index (χ1v) is 14.1. The molecule has 3 aromatic rings. The van der Waals surface area contributed by atoms with Gasteiger partial charge >= 0.3 is 0 Å². The van der Waals surface area contributed by atoms with Crippen molar-refractivity contribution in [3.63, 3.8) is 0 Å². The normalized spacial score (nSPS) is 25.9. The van der Waals surface area contributed by atoms with Crippen molar-refractivity contribution in [1.82, 2.24) is 29.5 Å². The maximum atomic E-state index is 10.4. The molecule has 1 unspecified atom stereocenters. The van der Waals surface area contributed by atoms with Crippen molar-refractivity contribution < 1.29 is 5.11 Å². The van der Waals surface area contributed by atoms with E-state index in [1.807, 2.05) is 37.3 Å². The van der Waals surface area contributed by atoms with Crippen LogP contribution in [-0.4, -0.2) is 85.7 Å². The smallest absolute Gasteiger partial charge is 0.164 e. The van der Waals surface area contributed by atoms with Gasteiger partial charge in [-0.05, 0) is 57.4 Å². The summed E-state index contributed by atoms with van der Waals surface area (Å²) in [6.45, 7) is 6.51. The lowest BCUT2D eigenvalue weighted by Crippen LogP contribution is -2.49. The number of halogens is 1. The van der Waals surface area contributed by atoms with E-state index < -0.39 is 6.10 Å². The van der Waals surface area contributed by atoms with Gasteiger partial charge in [-0.3, -0.25) is 4.90 Å². The quantitative estimate of drug-likeness (QED) is 0.499. The third kappa shape index (κ3) is 5.12. The second kappa shape index (κ2) is 10.8. The molecule has 9 nitrogen and oxygen atoms in total. The average Bonchev–Trinajstić information content (AvgIpc) is 3.33. The Morgan fingerprint density at radius 3 is 2.51 bits per heavy atom. The molecule has 1 aromatic carbocycles. The Kier molecular flexibility index (Phi) is 7.24. The number of aliphatic imine (C=N–C) groups is 1. The highest BCUT2D eigenvalue weighted by molar-refractivity contribution is 6.33. The summed E-state index contributed by atoms with van der Waals surface area (Å²) in [5.41, 5.74) is 10.8.